The number of carbonyl (C=O) groups excluding carboxylic acids is 1. The number of benzene rings is 1. The van der Waals surface area contributed by atoms with Crippen molar-refractivity contribution < 1.29 is 9.53 Å². The van der Waals surface area contributed by atoms with E-state index in [1.54, 1.807) is 39.2 Å². The number of hydrogen-bond acceptors (Lipinski definition) is 4. The molecule has 1 rings (SSSR count). The van der Waals surface area contributed by atoms with E-state index in [-0.39, 0.29) is 5.91 Å². The smallest absolute Gasteiger partial charge is 0.224 e. The van der Waals surface area contributed by atoms with Gasteiger partial charge in [0.1, 0.15) is 5.75 Å². The van der Waals surface area contributed by atoms with E-state index >= 15 is 0 Å². The second-order valence-corrected chi connectivity index (χ2v) is 4.99. The average molecular weight is 261 g/mol. The first-order valence-electron chi connectivity index (χ1n) is 5.98. The first-order valence-corrected chi connectivity index (χ1v) is 5.98. The molecule has 0 aromatic heterocycles. The van der Waals surface area contributed by atoms with Gasteiger partial charge in [0.15, 0.2) is 0 Å². The Bertz CT molecular complexity index is 504. The lowest BCUT2D eigenvalue weighted by atomic mass is 9.92. The standard InChI is InChI=1S/C14H19N3O2/c1-14(2,13(16)18)9-17-8-11-6-10(7-15)4-5-12(11)19-3/h4-6,17H,8-9H2,1-3H3,(H2,16,18). The van der Waals surface area contributed by atoms with Gasteiger partial charge in [0.2, 0.25) is 5.91 Å². The SMILES string of the molecule is COc1ccc(C#N)cc1CNCC(C)(C)C(N)=O. The van der Waals surface area contributed by atoms with E-state index in [1.807, 2.05) is 0 Å². The zero-order chi connectivity index (χ0) is 14.5. The van der Waals surface area contributed by atoms with Crippen molar-refractivity contribution in [3.8, 4) is 11.8 Å². The zero-order valence-corrected chi connectivity index (χ0v) is 11.5. The second kappa shape index (κ2) is 6.21. The highest BCUT2D eigenvalue weighted by Gasteiger charge is 2.24. The van der Waals surface area contributed by atoms with Crippen LogP contribution in [-0.4, -0.2) is 19.6 Å². The first kappa shape index (κ1) is 15.0. The van der Waals surface area contributed by atoms with Crippen molar-refractivity contribution in [1.29, 1.82) is 5.26 Å². The zero-order valence-electron chi connectivity index (χ0n) is 11.5. The van der Waals surface area contributed by atoms with Gasteiger partial charge in [-0.2, -0.15) is 5.26 Å². The van der Waals surface area contributed by atoms with Crippen molar-refractivity contribution in [2.75, 3.05) is 13.7 Å². The molecule has 0 heterocycles. The summed E-state index contributed by atoms with van der Waals surface area (Å²) in [6, 6.07) is 7.32. The molecule has 3 N–H and O–H groups in total. The van der Waals surface area contributed by atoms with Crippen molar-refractivity contribution in [3.05, 3.63) is 29.3 Å². The lowest BCUT2D eigenvalue weighted by molar-refractivity contribution is -0.125. The summed E-state index contributed by atoms with van der Waals surface area (Å²) in [5.41, 5.74) is 6.15. The third-order valence-corrected chi connectivity index (χ3v) is 2.96. The minimum Gasteiger partial charge on any atom is -0.496 e. The summed E-state index contributed by atoms with van der Waals surface area (Å²) in [5, 5.41) is 12.0. The Balaban J connectivity index is 2.72. The summed E-state index contributed by atoms with van der Waals surface area (Å²) in [6.07, 6.45) is 0. The highest BCUT2D eigenvalue weighted by molar-refractivity contribution is 5.80. The van der Waals surface area contributed by atoms with Gasteiger partial charge < -0.3 is 15.8 Å². The normalized spacial score (nSPS) is 10.8. The lowest BCUT2D eigenvalue weighted by Crippen LogP contribution is -2.40. The third-order valence-electron chi connectivity index (χ3n) is 2.96. The molecule has 0 aliphatic heterocycles. The lowest BCUT2D eigenvalue weighted by Gasteiger charge is -2.21. The monoisotopic (exact) mass is 261 g/mol. The highest BCUT2D eigenvalue weighted by atomic mass is 16.5. The van der Waals surface area contributed by atoms with E-state index in [2.05, 4.69) is 11.4 Å². The van der Waals surface area contributed by atoms with Crippen LogP contribution in [0.2, 0.25) is 0 Å². The number of amides is 1. The van der Waals surface area contributed by atoms with E-state index in [4.69, 9.17) is 15.7 Å². The molecule has 0 radical (unpaired) electrons. The van der Waals surface area contributed by atoms with Crippen LogP contribution in [-0.2, 0) is 11.3 Å². The number of nitriles is 1. The number of carbonyl (C=O) groups is 1. The van der Waals surface area contributed by atoms with Crippen LogP contribution >= 0.6 is 0 Å². The van der Waals surface area contributed by atoms with E-state index in [0.717, 1.165) is 5.56 Å². The van der Waals surface area contributed by atoms with Crippen molar-refractivity contribution in [3.63, 3.8) is 0 Å². The van der Waals surface area contributed by atoms with Gasteiger partial charge in [0.25, 0.3) is 0 Å². The molecule has 1 amide bonds. The average Bonchev–Trinajstić information content (AvgIpc) is 2.38. The van der Waals surface area contributed by atoms with Crippen molar-refractivity contribution >= 4 is 5.91 Å². The quantitative estimate of drug-likeness (QED) is 0.804. The molecule has 0 saturated carbocycles. The highest BCUT2D eigenvalue weighted by Crippen LogP contribution is 2.20. The van der Waals surface area contributed by atoms with Crippen LogP contribution in [0.4, 0.5) is 0 Å². The summed E-state index contributed by atoms with van der Waals surface area (Å²) >= 11 is 0. The number of ether oxygens (including phenoxy) is 1. The first-order chi connectivity index (χ1) is 8.90. The molecule has 5 heteroatoms. The van der Waals surface area contributed by atoms with Crippen LogP contribution in [0, 0.1) is 16.7 Å². The van der Waals surface area contributed by atoms with E-state index in [0.29, 0.717) is 24.4 Å². The molecule has 1 aromatic rings. The largest absolute Gasteiger partial charge is 0.496 e. The number of hydrogen-bond donors (Lipinski definition) is 2. The summed E-state index contributed by atoms with van der Waals surface area (Å²) in [6.45, 7) is 4.54. The molecule has 0 saturated heterocycles. The van der Waals surface area contributed by atoms with Gasteiger partial charge in [-0.05, 0) is 32.0 Å². The molecule has 0 unspecified atom stereocenters. The van der Waals surface area contributed by atoms with Gasteiger partial charge in [-0.3, -0.25) is 4.79 Å². The van der Waals surface area contributed by atoms with Gasteiger partial charge in [0.05, 0.1) is 24.2 Å². The number of nitrogens with two attached hydrogens (primary N) is 1. The van der Waals surface area contributed by atoms with E-state index in [1.165, 1.54) is 0 Å². The minimum absolute atomic E-state index is 0.349. The topological polar surface area (TPSA) is 88.1 Å². The van der Waals surface area contributed by atoms with E-state index in [9.17, 15) is 4.79 Å². The summed E-state index contributed by atoms with van der Waals surface area (Å²) in [7, 11) is 1.58. The Morgan fingerprint density at radius 1 is 1.53 bits per heavy atom. The summed E-state index contributed by atoms with van der Waals surface area (Å²) in [4.78, 5) is 11.2. The Morgan fingerprint density at radius 3 is 2.74 bits per heavy atom. The molecule has 1 aromatic carbocycles. The van der Waals surface area contributed by atoms with Crippen molar-refractivity contribution in [2.24, 2.45) is 11.1 Å². The fourth-order valence-electron chi connectivity index (χ4n) is 1.58. The maximum atomic E-state index is 11.2. The van der Waals surface area contributed by atoms with Gasteiger partial charge in [-0.25, -0.2) is 0 Å². The van der Waals surface area contributed by atoms with Gasteiger partial charge >= 0.3 is 0 Å². The maximum Gasteiger partial charge on any atom is 0.224 e. The molecular formula is C14H19N3O2. The van der Waals surface area contributed by atoms with Crippen LogP contribution in [0.3, 0.4) is 0 Å². The number of methoxy groups -OCH3 is 1. The number of primary amides is 1. The molecule has 102 valence electrons. The maximum absolute atomic E-state index is 11.2. The molecular weight excluding hydrogens is 242 g/mol. The molecule has 0 aliphatic carbocycles. The molecule has 0 atom stereocenters. The Morgan fingerprint density at radius 2 is 2.21 bits per heavy atom. The van der Waals surface area contributed by atoms with Gasteiger partial charge in [-0.1, -0.05) is 0 Å². The minimum atomic E-state index is -0.611. The molecule has 0 aliphatic rings. The molecule has 0 bridgehead atoms. The second-order valence-electron chi connectivity index (χ2n) is 4.99. The molecule has 0 spiro atoms. The van der Waals surface area contributed by atoms with Crippen LogP contribution in [0.1, 0.15) is 25.0 Å². The van der Waals surface area contributed by atoms with Crippen LogP contribution in [0.15, 0.2) is 18.2 Å². The predicted molar refractivity (Wildman–Crippen MR) is 72.4 cm³/mol. The van der Waals surface area contributed by atoms with Crippen LogP contribution < -0.4 is 15.8 Å². The molecule has 5 nitrogen and oxygen atoms in total. The summed E-state index contributed by atoms with van der Waals surface area (Å²) < 4.78 is 5.23. The predicted octanol–water partition coefficient (Wildman–Crippen LogP) is 1.17. The van der Waals surface area contributed by atoms with Crippen molar-refractivity contribution in [2.45, 2.75) is 20.4 Å². The number of nitrogens with one attached hydrogen (secondary N) is 1. The third kappa shape index (κ3) is 3.97. The van der Waals surface area contributed by atoms with Crippen molar-refractivity contribution in [1.82, 2.24) is 5.32 Å². The molecule has 0 fully saturated rings. The van der Waals surface area contributed by atoms with E-state index < -0.39 is 5.41 Å². The molecule has 19 heavy (non-hydrogen) atoms. The number of nitrogens with zero attached hydrogens (tertiary/aromatic N) is 1. The Hall–Kier alpha value is -2.06. The van der Waals surface area contributed by atoms with Gasteiger partial charge in [0, 0.05) is 18.7 Å². The fourth-order valence-corrected chi connectivity index (χ4v) is 1.58. The fraction of sp³-hybridized carbons (Fsp3) is 0.429. The Kier molecular flexibility index (Phi) is 4.90. The van der Waals surface area contributed by atoms with Crippen LogP contribution in [0.25, 0.3) is 0 Å². The van der Waals surface area contributed by atoms with Gasteiger partial charge in [-0.15, -0.1) is 0 Å². The Labute approximate surface area is 113 Å². The summed E-state index contributed by atoms with van der Waals surface area (Å²) in [5.74, 6) is 0.362. The number of rotatable bonds is 6. The van der Waals surface area contributed by atoms with Crippen LogP contribution in [0.5, 0.6) is 5.75 Å².